The maximum absolute atomic E-state index is 12.9. The molecule has 1 atom stereocenters. The quantitative estimate of drug-likeness (QED) is 0.781. The standard InChI is InChI=1S/C12H10ClF3O2/c13-7-1-2-9(10(5-7)12(14,15)16)11-6-8(17)3-4-18-11/h1-2,5,11H,3-4,6H2. The van der Waals surface area contributed by atoms with Crippen LogP contribution in [0.25, 0.3) is 0 Å². The van der Waals surface area contributed by atoms with E-state index in [1.54, 1.807) is 0 Å². The molecule has 18 heavy (non-hydrogen) atoms. The highest BCUT2D eigenvalue weighted by atomic mass is 35.5. The van der Waals surface area contributed by atoms with E-state index in [2.05, 4.69) is 0 Å². The van der Waals surface area contributed by atoms with Crippen molar-refractivity contribution in [2.24, 2.45) is 0 Å². The first-order valence-electron chi connectivity index (χ1n) is 5.38. The topological polar surface area (TPSA) is 26.3 Å². The van der Waals surface area contributed by atoms with Gasteiger partial charge in [0, 0.05) is 17.9 Å². The van der Waals surface area contributed by atoms with Gasteiger partial charge in [-0.25, -0.2) is 0 Å². The normalized spacial score (nSPS) is 21.1. The maximum atomic E-state index is 12.9. The third-order valence-electron chi connectivity index (χ3n) is 2.78. The van der Waals surface area contributed by atoms with E-state index in [1.807, 2.05) is 0 Å². The molecule has 1 aromatic rings. The predicted molar refractivity (Wildman–Crippen MR) is 59.4 cm³/mol. The van der Waals surface area contributed by atoms with Gasteiger partial charge < -0.3 is 4.74 Å². The van der Waals surface area contributed by atoms with E-state index in [1.165, 1.54) is 12.1 Å². The zero-order valence-corrected chi connectivity index (χ0v) is 10.0. The Bertz CT molecular complexity index is 471. The molecule has 1 heterocycles. The van der Waals surface area contributed by atoms with E-state index in [4.69, 9.17) is 16.3 Å². The van der Waals surface area contributed by atoms with Crippen LogP contribution in [-0.4, -0.2) is 12.4 Å². The van der Waals surface area contributed by atoms with Gasteiger partial charge in [0.2, 0.25) is 0 Å². The van der Waals surface area contributed by atoms with Gasteiger partial charge in [0.15, 0.2) is 0 Å². The molecule has 1 unspecified atom stereocenters. The Labute approximate surface area is 107 Å². The van der Waals surface area contributed by atoms with E-state index in [-0.39, 0.29) is 35.8 Å². The Morgan fingerprint density at radius 3 is 2.67 bits per heavy atom. The van der Waals surface area contributed by atoms with Crippen molar-refractivity contribution in [3.63, 3.8) is 0 Å². The van der Waals surface area contributed by atoms with Crippen molar-refractivity contribution in [1.82, 2.24) is 0 Å². The summed E-state index contributed by atoms with van der Waals surface area (Å²) < 4.78 is 43.9. The Hall–Kier alpha value is -1.07. The number of benzene rings is 1. The third-order valence-corrected chi connectivity index (χ3v) is 3.02. The number of ether oxygens (including phenoxy) is 1. The van der Waals surface area contributed by atoms with Crippen LogP contribution in [0.3, 0.4) is 0 Å². The molecule has 0 saturated carbocycles. The lowest BCUT2D eigenvalue weighted by atomic mass is 9.96. The van der Waals surface area contributed by atoms with Crippen LogP contribution in [0.1, 0.15) is 30.1 Å². The molecule has 0 radical (unpaired) electrons. The molecule has 0 spiro atoms. The number of alkyl halides is 3. The number of hydrogen-bond donors (Lipinski definition) is 0. The number of hydrogen-bond acceptors (Lipinski definition) is 2. The molecule has 2 rings (SSSR count). The van der Waals surface area contributed by atoms with Crippen molar-refractivity contribution in [3.8, 4) is 0 Å². The van der Waals surface area contributed by atoms with Crippen molar-refractivity contribution in [1.29, 1.82) is 0 Å². The van der Waals surface area contributed by atoms with Gasteiger partial charge in [-0.15, -0.1) is 0 Å². The first-order valence-corrected chi connectivity index (χ1v) is 5.75. The first-order chi connectivity index (χ1) is 8.38. The fourth-order valence-corrected chi connectivity index (χ4v) is 2.11. The van der Waals surface area contributed by atoms with Crippen molar-refractivity contribution in [2.45, 2.75) is 25.1 Å². The molecule has 6 heteroatoms. The van der Waals surface area contributed by atoms with E-state index >= 15 is 0 Å². The van der Waals surface area contributed by atoms with Crippen LogP contribution in [0.5, 0.6) is 0 Å². The average Bonchev–Trinajstić information content (AvgIpc) is 2.27. The molecule has 0 aromatic heterocycles. The molecule has 2 nitrogen and oxygen atoms in total. The third kappa shape index (κ3) is 2.84. The largest absolute Gasteiger partial charge is 0.416 e. The van der Waals surface area contributed by atoms with Crippen LogP contribution in [0.15, 0.2) is 18.2 Å². The summed E-state index contributed by atoms with van der Waals surface area (Å²) in [6.07, 6.45) is -5.11. The van der Waals surface area contributed by atoms with E-state index in [0.717, 1.165) is 6.07 Å². The van der Waals surface area contributed by atoms with Crippen molar-refractivity contribution < 1.29 is 22.7 Å². The molecule has 1 aromatic carbocycles. The minimum atomic E-state index is -4.51. The molecular formula is C12H10ClF3O2. The fraction of sp³-hybridized carbons (Fsp3) is 0.417. The van der Waals surface area contributed by atoms with Gasteiger partial charge in [-0.3, -0.25) is 4.79 Å². The van der Waals surface area contributed by atoms with Gasteiger partial charge in [-0.1, -0.05) is 17.7 Å². The number of halogens is 4. The fourth-order valence-electron chi connectivity index (χ4n) is 1.94. The van der Waals surface area contributed by atoms with Crippen LogP contribution in [0.2, 0.25) is 5.02 Å². The van der Waals surface area contributed by atoms with Crippen LogP contribution in [0, 0.1) is 0 Å². The Morgan fingerprint density at radius 1 is 1.33 bits per heavy atom. The molecule has 0 aliphatic carbocycles. The zero-order chi connectivity index (χ0) is 13.3. The summed E-state index contributed by atoms with van der Waals surface area (Å²) in [6.45, 7) is 0.156. The lowest BCUT2D eigenvalue weighted by molar-refractivity contribution is -0.142. The molecule has 1 fully saturated rings. The van der Waals surface area contributed by atoms with Gasteiger partial charge >= 0.3 is 6.18 Å². The average molecular weight is 279 g/mol. The summed E-state index contributed by atoms with van der Waals surface area (Å²) in [7, 11) is 0. The first kappa shape index (κ1) is 13.4. The number of Topliss-reactive ketones (excluding diaryl/α,β-unsaturated/α-hetero) is 1. The van der Waals surface area contributed by atoms with E-state index in [0.29, 0.717) is 0 Å². The smallest absolute Gasteiger partial charge is 0.373 e. The summed E-state index contributed by atoms with van der Waals surface area (Å²) >= 11 is 5.58. The minimum Gasteiger partial charge on any atom is -0.373 e. The number of carbonyl (C=O) groups excluding carboxylic acids is 1. The van der Waals surface area contributed by atoms with Crippen molar-refractivity contribution in [2.75, 3.05) is 6.61 Å². The predicted octanol–water partition coefficient (Wildman–Crippen LogP) is 3.78. The van der Waals surface area contributed by atoms with Gasteiger partial charge in [-0.2, -0.15) is 13.2 Å². The summed E-state index contributed by atoms with van der Waals surface area (Å²) in [4.78, 5) is 11.3. The maximum Gasteiger partial charge on any atom is 0.416 e. The van der Waals surface area contributed by atoms with Gasteiger partial charge in [-0.05, 0) is 17.7 Å². The second-order valence-electron chi connectivity index (χ2n) is 4.08. The SMILES string of the molecule is O=C1CCOC(c2ccc(Cl)cc2C(F)(F)F)C1. The molecular weight excluding hydrogens is 269 g/mol. The zero-order valence-electron chi connectivity index (χ0n) is 9.26. The molecule has 0 amide bonds. The van der Waals surface area contributed by atoms with Crippen LogP contribution < -0.4 is 0 Å². The van der Waals surface area contributed by atoms with Crippen LogP contribution in [-0.2, 0) is 15.7 Å². The van der Waals surface area contributed by atoms with Gasteiger partial charge in [0.25, 0.3) is 0 Å². The lowest BCUT2D eigenvalue weighted by Crippen LogP contribution is -2.22. The second kappa shape index (κ2) is 4.90. The molecule has 0 N–H and O–H groups in total. The van der Waals surface area contributed by atoms with E-state index in [9.17, 15) is 18.0 Å². The molecule has 98 valence electrons. The Balaban J connectivity index is 2.40. The highest BCUT2D eigenvalue weighted by Crippen LogP contribution is 2.39. The van der Waals surface area contributed by atoms with Crippen LogP contribution in [0.4, 0.5) is 13.2 Å². The summed E-state index contributed by atoms with van der Waals surface area (Å²) in [5.74, 6) is -0.0886. The highest BCUT2D eigenvalue weighted by molar-refractivity contribution is 6.30. The number of rotatable bonds is 1. The Morgan fingerprint density at radius 2 is 2.06 bits per heavy atom. The van der Waals surface area contributed by atoms with Crippen molar-refractivity contribution in [3.05, 3.63) is 34.3 Å². The monoisotopic (exact) mass is 278 g/mol. The highest BCUT2D eigenvalue weighted by Gasteiger charge is 2.37. The lowest BCUT2D eigenvalue weighted by Gasteiger charge is -2.25. The molecule has 0 bridgehead atoms. The Kier molecular flexibility index (Phi) is 3.64. The summed E-state index contributed by atoms with van der Waals surface area (Å²) in [5, 5.41) is 0.00760. The molecule has 1 aliphatic heterocycles. The molecule has 1 aliphatic rings. The second-order valence-corrected chi connectivity index (χ2v) is 4.52. The van der Waals surface area contributed by atoms with E-state index < -0.39 is 17.8 Å². The summed E-state index contributed by atoms with van der Waals surface area (Å²) in [6, 6.07) is 3.50. The van der Waals surface area contributed by atoms with Crippen LogP contribution >= 0.6 is 11.6 Å². The van der Waals surface area contributed by atoms with Gasteiger partial charge in [0.05, 0.1) is 18.3 Å². The molecule has 1 saturated heterocycles. The number of ketones is 1. The summed E-state index contributed by atoms with van der Waals surface area (Å²) in [5.41, 5.74) is -0.866. The minimum absolute atomic E-state index is 0.00760. The van der Waals surface area contributed by atoms with Crippen molar-refractivity contribution >= 4 is 17.4 Å². The number of carbonyl (C=O) groups is 1. The van der Waals surface area contributed by atoms with Gasteiger partial charge in [0.1, 0.15) is 5.78 Å².